The third-order valence-corrected chi connectivity index (χ3v) is 5.68. The third-order valence-electron chi connectivity index (χ3n) is 4.36. The molecule has 0 aliphatic heterocycles. The number of nitrogens with zero attached hydrogens (tertiary/aromatic N) is 3. The Morgan fingerprint density at radius 1 is 1.00 bits per heavy atom. The van der Waals surface area contributed by atoms with Crippen molar-refractivity contribution in [3.63, 3.8) is 0 Å². The van der Waals surface area contributed by atoms with E-state index in [1.807, 2.05) is 48.5 Å². The Balaban J connectivity index is 1.92. The maximum Gasteiger partial charge on any atom is 0.259 e. The molecule has 28 heavy (non-hydrogen) atoms. The maximum absolute atomic E-state index is 13.1. The molecule has 8 heteroatoms. The van der Waals surface area contributed by atoms with Gasteiger partial charge in [0, 0.05) is 27.2 Å². The number of fused-ring (bicyclic) bond motifs is 1. The van der Waals surface area contributed by atoms with E-state index in [1.165, 1.54) is 4.57 Å². The first-order valence-corrected chi connectivity index (χ1v) is 9.98. The van der Waals surface area contributed by atoms with Gasteiger partial charge < -0.3 is 11.1 Å². The van der Waals surface area contributed by atoms with Crippen molar-refractivity contribution in [2.45, 2.75) is 0 Å². The molecule has 0 aliphatic carbocycles. The summed E-state index contributed by atoms with van der Waals surface area (Å²) in [5, 5.41) is 3.73. The van der Waals surface area contributed by atoms with E-state index in [0.29, 0.717) is 28.4 Å². The van der Waals surface area contributed by atoms with E-state index in [1.54, 1.807) is 13.1 Å². The monoisotopic (exact) mass is 499 g/mol. The van der Waals surface area contributed by atoms with Gasteiger partial charge in [0.1, 0.15) is 11.5 Å². The van der Waals surface area contributed by atoms with E-state index in [9.17, 15) is 4.79 Å². The fourth-order valence-corrected chi connectivity index (χ4v) is 4.42. The molecule has 0 spiro atoms. The van der Waals surface area contributed by atoms with Crippen molar-refractivity contribution in [2.75, 3.05) is 11.1 Å². The average Bonchev–Trinajstić information content (AvgIpc) is 2.67. The maximum atomic E-state index is 13.1. The molecule has 6 nitrogen and oxygen atoms in total. The molecule has 2 aromatic heterocycles. The van der Waals surface area contributed by atoms with Gasteiger partial charge in [0.25, 0.3) is 5.56 Å². The van der Waals surface area contributed by atoms with Gasteiger partial charge in [-0.1, -0.05) is 56.1 Å². The Kier molecular flexibility index (Phi) is 4.91. The average molecular weight is 501 g/mol. The van der Waals surface area contributed by atoms with Gasteiger partial charge in [0.15, 0.2) is 0 Å². The van der Waals surface area contributed by atoms with Crippen molar-refractivity contribution in [1.82, 2.24) is 14.5 Å². The quantitative estimate of drug-likeness (QED) is 0.420. The highest BCUT2D eigenvalue weighted by molar-refractivity contribution is 9.11. The number of anilines is 3. The molecule has 2 heterocycles. The zero-order valence-electron chi connectivity index (χ0n) is 14.8. The van der Waals surface area contributed by atoms with Gasteiger partial charge in [0.2, 0.25) is 5.95 Å². The Labute approximate surface area is 177 Å². The normalized spacial score (nSPS) is 11.0. The molecule has 4 rings (SSSR count). The predicted octanol–water partition coefficient (Wildman–Crippen LogP) is 4.85. The lowest BCUT2D eigenvalue weighted by Gasteiger charge is -2.13. The summed E-state index contributed by atoms with van der Waals surface area (Å²) in [4.78, 5) is 21.9. The molecular formula is C20H15Br2N5O. The Morgan fingerprint density at radius 3 is 2.36 bits per heavy atom. The van der Waals surface area contributed by atoms with E-state index in [-0.39, 0.29) is 5.56 Å². The number of hydrogen-bond donors (Lipinski definition) is 2. The molecule has 0 atom stereocenters. The highest BCUT2D eigenvalue weighted by atomic mass is 79.9. The van der Waals surface area contributed by atoms with Crippen LogP contribution in [0, 0.1) is 0 Å². The zero-order chi connectivity index (χ0) is 19.8. The first-order chi connectivity index (χ1) is 13.5. The highest BCUT2D eigenvalue weighted by Crippen LogP contribution is 2.35. The molecule has 0 saturated heterocycles. The molecule has 0 radical (unpaired) electrons. The Morgan fingerprint density at radius 2 is 1.68 bits per heavy atom. The van der Waals surface area contributed by atoms with Crippen molar-refractivity contribution in [3.05, 3.63) is 73.9 Å². The van der Waals surface area contributed by atoms with Gasteiger partial charge in [-0.2, -0.15) is 9.97 Å². The van der Waals surface area contributed by atoms with Crippen molar-refractivity contribution in [2.24, 2.45) is 7.05 Å². The number of nitrogen functional groups attached to an aromatic ring is 1. The third kappa shape index (κ3) is 3.29. The number of nitrogens with two attached hydrogens (primary N) is 1. The van der Waals surface area contributed by atoms with Crippen LogP contribution in [-0.2, 0) is 7.05 Å². The summed E-state index contributed by atoms with van der Waals surface area (Å²) in [6.45, 7) is 0. The second kappa shape index (κ2) is 7.37. The van der Waals surface area contributed by atoms with E-state index in [4.69, 9.17) is 5.73 Å². The first-order valence-electron chi connectivity index (χ1n) is 8.39. The van der Waals surface area contributed by atoms with Gasteiger partial charge in [-0.3, -0.25) is 9.36 Å². The van der Waals surface area contributed by atoms with Crippen LogP contribution < -0.4 is 16.6 Å². The molecule has 2 aromatic carbocycles. The lowest BCUT2D eigenvalue weighted by Crippen LogP contribution is -2.21. The van der Waals surface area contributed by atoms with E-state index < -0.39 is 0 Å². The van der Waals surface area contributed by atoms with E-state index >= 15 is 0 Å². The summed E-state index contributed by atoms with van der Waals surface area (Å²) in [6, 6.07) is 16.9. The Hall–Kier alpha value is -2.71. The number of halogens is 2. The van der Waals surface area contributed by atoms with Crippen molar-refractivity contribution in [3.8, 4) is 11.1 Å². The zero-order valence-corrected chi connectivity index (χ0v) is 18.0. The molecule has 0 amide bonds. The molecule has 3 N–H and O–H groups in total. The fraction of sp³-hybridized carbons (Fsp3) is 0.0500. The molecule has 0 bridgehead atoms. The molecule has 4 aromatic rings. The van der Waals surface area contributed by atoms with Gasteiger partial charge in [-0.05, 0) is 30.3 Å². The first kappa shape index (κ1) is 18.6. The van der Waals surface area contributed by atoms with Crippen LogP contribution in [0.4, 0.5) is 17.5 Å². The molecule has 0 saturated carbocycles. The second-order valence-electron chi connectivity index (χ2n) is 6.18. The summed E-state index contributed by atoms with van der Waals surface area (Å²) in [6.07, 6.45) is 0. The largest absolute Gasteiger partial charge is 0.383 e. The minimum atomic E-state index is -0.177. The summed E-state index contributed by atoms with van der Waals surface area (Å²) < 4.78 is 3.10. The summed E-state index contributed by atoms with van der Waals surface area (Å²) in [7, 11) is 1.68. The number of rotatable bonds is 3. The number of pyridine rings is 1. The van der Waals surface area contributed by atoms with Crippen LogP contribution in [0.3, 0.4) is 0 Å². The lowest BCUT2D eigenvalue weighted by atomic mass is 10.1. The number of benzene rings is 2. The number of para-hydroxylation sites is 1. The molecule has 0 aliphatic rings. The van der Waals surface area contributed by atoms with Crippen molar-refractivity contribution in [1.29, 1.82) is 0 Å². The minimum absolute atomic E-state index is 0.177. The topological polar surface area (TPSA) is 85.8 Å². The standard InChI is InChI=1S/C20H15Br2N5O/c1-27-18-13(10-12(19(27)28)16-14(21)8-5-9-15(16)22)17(23)25-20(26-18)24-11-6-3-2-4-7-11/h2-10H,1H3,(H3,23,24,25,26). The number of aromatic nitrogens is 3. The van der Waals surface area contributed by atoms with Crippen molar-refractivity contribution >= 4 is 60.3 Å². The molecule has 0 unspecified atom stereocenters. The van der Waals surface area contributed by atoms with E-state index in [0.717, 1.165) is 20.2 Å². The number of hydrogen-bond acceptors (Lipinski definition) is 5. The summed E-state index contributed by atoms with van der Waals surface area (Å²) >= 11 is 7.05. The van der Waals surface area contributed by atoms with Gasteiger partial charge in [0.05, 0.1) is 10.9 Å². The molecular weight excluding hydrogens is 486 g/mol. The Bertz CT molecular complexity index is 1230. The minimum Gasteiger partial charge on any atom is -0.383 e. The van der Waals surface area contributed by atoms with Crippen LogP contribution in [0.5, 0.6) is 0 Å². The SMILES string of the molecule is Cn1c(=O)c(-c2c(Br)cccc2Br)cc2c(N)nc(Nc3ccccc3)nc21. The highest BCUT2D eigenvalue weighted by Gasteiger charge is 2.17. The number of nitrogens with one attached hydrogen (secondary N) is 1. The second-order valence-corrected chi connectivity index (χ2v) is 7.89. The van der Waals surface area contributed by atoms with Gasteiger partial charge in [-0.15, -0.1) is 0 Å². The van der Waals surface area contributed by atoms with Crippen LogP contribution in [-0.4, -0.2) is 14.5 Å². The molecule has 0 fully saturated rings. The number of aryl methyl sites for hydroxylation is 1. The van der Waals surface area contributed by atoms with Crippen LogP contribution in [0.25, 0.3) is 22.2 Å². The predicted molar refractivity (Wildman–Crippen MR) is 120 cm³/mol. The lowest BCUT2D eigenvalue weighted by molar-refractivity contribution is 0.887. The van der Waals surface area contributed by atoms with Gasteiger partial charge in [-0.25, -0.2) is 0 Å². The summed E-state index contributed by atoms with van der Waals surface area (Å²) in [5.74, 6) is 0.629. The van der Waals surface area contributed by atoms with Gasteiger partial charge >= 0.3 is 0 Å². The van der Waals surface area contributed by atoms with E-state index in [2.05, 4.69) is 47.1 Å². The van der Waals surface area contributed by atoms with Crippen LogP contribution in [0.2, 0.25) is 0 Å². The summed E-state index contributed by atoms with van der Waals surface area (Å²) in [5.41, 5.74) is 8.61. The van der Waals surface area contributed by atoms with Crippen LogP contribution in [0.15, 0.2) is 68.3 Å². The van der Waals surface area contributed by atoms with Crippen LogP contribution in [0.1, 0.15) is 0 Å². The fourth-order valence-electron chi connectivity index (χ4n) is 2.99. The smallest absolute Gasteiger partial charge is 0.259 e. The van der Waals surface area contributed by atoms with Crippen molar-refractivity contribution < 1.29 is 0 Å². The molecule has 140 valence electrons. The van der Waals surface area contributed by atoms with Crippen LogP contribution >= 0.6 is 31.9 Å².